The van der Waals surface area contributed by atoms with Crippen molar-refractivity contribution in [2.75, 3.05) is 32.8 Å². The van der Waals surface area contributed by atoms with Gasteiger partial charge in [-0.05, 0) is 35.4 Å². The lowest BCUT2D eigenvalue weighted by Gasteiger charge is -2.46. The first-order chi connectivity index (χ1) is 18.6. The van der Waals surface area contributed by atoms with Gasteiger partial charge in [-0.15, -0.1) is 0 Å². The second kappa shape index (κ2) is 12.3. The molecule has 1 N–H and O–H groups in total. The highest BCUT2D eigenvalue weighted by Gasteiger charge is 2.57. The third-order valence-electron chi connectivity index (χ3n) is 6.83. The van der Waals surface area contributed by atoms with Crippen LogP contribution < -0.4 is 0 Å². The highest BCUT2D eigenvalue weighted by molar-refractivity contribution is 6.30. The van der Waals surface area contributed by atoms with Gasteiger partial charge in [0.2, 0.25) is 0 Å². The number of ketones is 1. The Balaban J connectivity index is 0.000000448. The average Bonchev–Trinajstić information content (AvgIpc) is 3.77. The molecule has 2 aliphatic heterocycles. The zero-order valence-electron chi connectivity index (χ0n) is 21.0. The molecule has 2 unspecified atom stereocenters. The van der Waals surface area contributed by atoms with E-state index >= 15 is 0 Å². The largest absolute Gasteiger partial charge is 0.490 e. The zero-order chi connectivity index (χ0) is 28.0. The second-order valence-electron chi connectivity index (χ2n) is 9.34. The summed E-state index contributed by atoms with van der Waals surface area (Å²) in [4.78, 5) is 27.9. The lowest BCUT2D eigenvalue weighted by Crippen LogP contribution is -2.61. The Kier molecular flexibility index (Phi) is 9.07. The number of alkyl halides is 3. The lowest BCUT2D eigenvalue weighted by molar-refractivity contribution is -0.192. The SMILES string of the molecule is O=C(O)C(F)(F)F.O=C(c1ccc(Cl)cc1)C(c1ccccc1)(C1CO1)N1CCN(Cc2ccccc2)CC1. The van der Waals surface area contributed by atoms with Crippen molar-refractivity contribution in [2.45, 2.75) is 24.4 Å². The number of carbonyl (C=O) groups excluding carboxylic acids is 1. The minimum absolute atomic E-state index is 0.0828. The fourth-order valence-corrected chi connectivity index (χ4v) is 5.02. The summed E-state index contributed by atoms with van der Waals surface area (Å²) in [7, 11) is 0. The lowest BCUT2D eigenvalue weighted by atomic mass is 9.77. The number of aliphatic carboxylic acids is 1. The predicted octanol–water partition coefficient (Wildman–Crippen LogP) is 5.27. The van der Waals surface area contributed by atoms with Crippen molar-refractivity contribution < 1.29 is 32.6 Å². The van der Waals surface area contributed by atoms with E-state index in [-0.39, 0.29) is 11.9 Å². The van der Waals surface area contributed by atoms with Crippen molar-refractivity contribution in [1.29, 1.82) is 0 Å². The van der Waals surface area contributed by atoms with E-state index in [1.807, 2.05) is 36.4 Å². The Hall–Kier alpha value is -3.24. The number of carbonyl (C=O) groups is 2. The number of nitrogens with zero attached hydrogens (tertiary/aromatic N) is 2. The second-order valence-corrected chi connectivity index (χ2v) is 9.78. The van der Waals surface area contributed by atoms with E-state index in [2.05, 4.69) is 46.2 Å². The van der Waals surface area contributed by atoms with Crippen LogP contribution in [0.4, 0.5) is 13.2 Å². The van der Waals surface area contributed by atoms with Gasteiger partial charge in [0.05, 0.1) is 6.61 Å². The van der Waals surface area contributed by atoms with Crippen LogP contribution in [0.15, 0.2) is 84.9 Å². The summed E-state index contributed by atoms with van der Waals surface area (Å²) in [5.41, 5.74) is 2.16. The first kappa shape index (κ1) is 28.8. The quantitative estimate of drug-likeness (QED) is 0.314. The number of carboxylic acid groups (broad SMARTS) is 1. The van der Waals surface area contributed by atoms with Crippen molar-refractivity contribution in [3.05, 3.63) is 107 Å². The van der Waals surface area contributed by atoms with Gasteiger partial charge in [-0.2, -0.15) is 13.2 Å². The molecule has 10 heteroatoms. The predicted molar refractivity (Wildman–Crippen MR) is 141 cm³/mol. The Morgan fingerprint density at radius 3 is 1.87 bits per heavy atom. The number of ether oxygens (including phenoxy) is 1. The molecule has 2 heterocycles. The molecule has 39 heavy (non-hydrogen) atoms. The number of hydrogen-bond donors (Lipinski definition) is 1. The number of carboxylic acids is 1. The number of epoxide rings is 1. The number of hydrogen-bond acceptors (Lipinski definition) is 5. The summed E-state index contributed by atoms with van der Waals surface area (Å²) in [6, 6.07) is 27.9. The fraction of sp³-hybridized carbons (Fsp3) is 0.310. The monoisotopic (exact) mass is 560 g/mol. The summed E-state index contributed by atoms with van der Waals surface area (Å²) in [6.07, 6.45) is -5.23. The Morgan fingerprint density at radius 1 is 0.872 bits per heavy atom. The highest BCUT2D eigenvalue weighted by Crippen LogP contribution is 2.43. The van der Waals surface area contributed by atoms with E-state index < -0.39 is 17.7 Å². The standard InChI is InChI=1S/C27H27ClN2O2.C2HF3O2/c28-24-13-11-22(12-14-24)26(31)27(25-20-32-25,23-9-5-2-6-10-23)30-17-15-29(16-18-30)19-21-7-3-1-4-8-21;3-2(4,5)1(6)7/h1-14,25H,15-20H2;(H,6,7). The minimum atomic E-state index is -5.08. The molecule has 0 bridgehead atoms. The van der Waals surface area contributed by atoms with E-state index in [9.17, 15) is 18.0 Å². The molecule has 0 amide bonds. The molecule has 0 radical (unpaired) electrons. The first-order valence-corrected chi connectivity index (χ1v) is 12.8. The van der Waals surface area contributed by atoms with E-state index in [4.69, 9.17) is 26.2 Å². The molecule has 2 atom stereocenters. The molecule has 6 nitrogen and oxygen atoms in total. The molecule has 0 aliphatic carbocycles. The van der Waals surface area contributed by atoms with Crippen molar-refractivity contribution >= 4 is 23.4 Å². The van der Waals surface area contributed by atoms with Gasteiger partial charge in [0.25, 0.3) is 0 Å². The van der Waals surface area contributed by atoms with Crippen LogP contribution in [0.25, 0.3) is 0 Å². The third kappa shape index (κ3) is 6.86. The fourth-order valence-electron chi connectivity index (χ4n) is 4.90. The van der Waals surface area contributed by atoms with Crippen molar-refractivity contribution in [2.24, 2.45) is 0 Å². The van der Waals surface area contributed by atoms with Gasteiger partial charge in [0.1, 0.15) is 11.6 Å². The van der Waals surface area contributed by atoms with E-state index in [1.165, 1.54) is 5.56 Å². The van der Waals surface area contributed by atoms with Crippen LogP contribution in [0.3, 0.4) is 0 Å². The highest BCUT2D eigenvalue weighted by atomic mass is 35.5. The van der Waals surface area contributed by atoms with Gasteiger partial charge in [-0.25, -0.2) is 4.79 Å². The molecule has 2 fully saturated rings. The molecule has 3 aromatic carbocycles. The van der Waals surface area contributed by atoms with Crippen LogP contribution in [0.5, 0.6) is 0 Å². The maximum atomic E-state index is 14.2. The van der Waals surface area contributed by atoms with Crippen LogP contribution in [0.2, 0.25) is 5.02 Å². The topological polar surface area (TPSA) is 73.4 Å². The van der Waals surface area contributed by atoms with Crippen LogP contribution in [0.1, 0.15) is 21.5 Å². The van der Waals surface area contributed by atoms with E-state index in [0.717, 1.165) is 38.3 Å². The Bertz CT molecular complexity index is 1250. The summed E-state index contributed by atoms with van der Waals surface area (Å²) < 4.78 is 37.6. The molecule has 3 aromatic rings. The molecule has 2 saturated heterocycles. The first-order valence-electron chi connectivity index (χ1n) is 12.4. The van der Waals surface area contributed by atoms with Crippen molar-refractivity contribution in [1.82, 2.24) is 9.80 Å². The summed E-state index contributed by atoms with van der Waals surface area (Å²) in [6.45, 7) is 4.95. The number of halogens is 4. The number of rotatable bonds is 7. The molecule has 0 saturated carbocycles. The number of Topliss-reactive ketones (excluding diaryl/α,β-unsaturated/α-hetero) is 1. The normalized spacial score (nSPS) is 19.3. The molecular weight excluding hydrogens is 533 g/mol. The van der Waals surface area contributed by atoms with Gasteiger partial charge in [0.15, 0.2) is 5.78 Å². The smallest absolute Gasteiger partial charge is 0.475 e. The molecular formula is C29H28ClF3N2O4. The van der Waals surface area contributed by atoms with Gasteiger partial charge in [-0.3, -0.25) is 14.6 Å². The minimum Gasteiger partial charge on any atom is -0.475 e. The zero-order valence-corrected chi connectivity index (χ0v) is 21.7. The third-order valence-corrected chi connectivity index (χ3v) is 7.08. The van der Waals surface area contributed by atoms with Crippen LogP contribution in [0, 0.1) is 0 Å². The van der Waals surface area contributed by atoms with Crippen molar-refractivity contribution in [3.8, 4) is 0 Å². The van der Waals surface area contributed by atoms with Crippen LogP contribution in [-0.2, 0) is 21.6 Å². The van der Waals surface area contributed by atoms with Gasteiger partial charge < -0.3 is 9.84 Å². The molecule has 206 valence electrons. The molecule has 5 rings (SSSR count). The Morgan fingerprint density at radius 2 is 1.38 bits per heavy atom. The van der Waals surface area contributed by atoms with E-state index in [1.54, 1.807) is 12.1 Å². The summed E-state index contributed by atoms with van der Waals surface area (Å²) >= 11 is 6.10. The number of benzene rings is 3. The van der Waals surface area contributed by atoms with Crippen molar-refractivity contribution in [3.63, 3.8) is 0 Å². The van der Waals surface area contributed by atoms with Gasteiger partial charge in [-0.1, -0.05) is 72.3 Å². The summed E-state index contributed by atoms with van der Waals surface area (Å²) in [5.74, 6) is -2.67. The Labute approximate surface area is 229 Å². The van der Waals surface area contributed by atoms with E-state index in [0.29, 0.717) is 17.2 Å². The van der Waals surface area contributed by atoms with Gasteiger partial charge >= 0.3 is 12.1 Å². The maximum absolute atomic E-state index is 14.2. The molecule has 0 aromatic heterocycles. The van der Waals surface area contributed by atoms with Gasteiger partial charge in [0, 0.05) is 43.3 Å². The van der Waals surface area contributed by atoms with Crippen LogP contribution >= 0.6 is 11.6 Å². The molecule has 0 spiro atoms. The van der Waals surface area contributed by atoms with Crippen LogP contribution in [-0.4, -0.2) is 71.7 Å². The average molecular weight is 561 g/mol. The maximum Gasteiger partial charge on any atom is 0.490 e. The number of piperazine rings is 1. The molecule has 2 aliphatic rings. The summed E-state index contributed by atoms with van der Waals surface area (Å²) in [5, 5.41) is 7.75.